The van der Waals surface area contributed by atoms with Crippen molar-refractivity contribution in [2.24, 2.45) is 16.8 Å². The van der Waals surface area contributed by atoms with Crippen molar-refractivity contribution in [3.8, 4) is 0 Å². The van der Waals surface area contributed by atoms with Gasteiger partial charge in [-0.1, -0.05) is 19.8 Å². The molecule has 0 radical (unpaired) electrons. The Kier molecular flexibility index (Phi) is 4.30. The largest absolute Gasteiger partial charge is 0.354 e. The zero-order valence-corrected chi connectivity index (χ0v) is 11.6. The summed E-state index contributed by atoms with van der Waals surface area (Å²) < 4.78 is 0. The van der Waals surface area contributed by atoms with Crippen LogP contribution in [0.25, 0.3) is 0 Å². The SMILES string of the molecule is CN=C(NC1CC1)N(C)CC1CCC(C)CC1. The summed E-state index contributed by atoms with van der Waals surface area (Å²) >= 11 is 0. The fourth-order valence-electron chi connectivity index (χ4n) is 2.74. The standard InChI is InChI=1S/C14H27N3/c1-11-4-6-12(7-5-11)10-17(3)14(15-2)16-13-8-9-13/h11-13H,4-10H2,1-3H3,(H,15,16). The van der Waals surface area contributed by atoms with E-state index in [-0.39, 0.29) is 0 Å². The summed E-state index contributed by atoms with van der Waals surface area (Å²) in [6.45, 7) is 3.55. The molecule has 0 aromatic rings. The Labute approximate surface area is 106 Å². The summed E-state index contributed by atoms with van der Waals surface area (Å²) in [5, 5.41) is 3.51. The van der Waals surface area contributed by atoms with Crippen molar-refractivity contribution >= 4 is 5.96 Å². The Balaban J connectivity index is 1.76. The van der Waals surface area contributed by atoms with Gasteiger partial charge in [-0.2, -0.15) is 0 Å². The highest BCUT2D eigenvalue weighted by atomic mass is 15.3. The predicted molar refractivity (Wildman–Crippen MR) is 73.3 cm³/mol. The van der Waals surface area contributed by atoms with Gasteiger partial charge in [-0.3, -0.25) is 4.99 Å². The second-order valence-electron chi connectivity index (χ2n) is 5.97. The molecule has 0 atom stereocenters. The molecule has 0 amide bonds. The molecule has 3 heteroatoms. The molecular weight excluding hydrogens is 210 g/mol. The lowest BCUT2D eigenvalue weighted by atomic mass is 9.83. The van der Waals surface area contributed by atoms with Crippen LogP contribution in [-0.4, -0.2) is 37.5 Å². The number of nitrogens with zero attached hydrogens (tertiary/aromatic N) is 2. The first-order chi connectivity index (χ1) is 8.19. The minimum atomic E-state index is 0.697. The van der Waals surface area contributed by atoms with Crippen molar-refractivity contribution in [2.75, 3.05) is 20.6 Å². The number of hydrogen-bond acceptors (Lipinski definition) is 1. The minimum absolute atomic E-state index is 0.697. The summed E-state index contributed by atoms with van der Waals surface area (Å²) in [7, 11) is 4.07. The number of hydrogen-bond donors (Lipinski definition) is 1. The van der Waals surface area contributed by atoms with Gasteiger partial charge in [-0.05, 0) is 37.5 Å². The monoisotopic (exact) mass is 237 g/mol. The quantitative estimate of drug-likeness (QED) is 0.603. The van der Waals surface area contributed by atoms with Crippen molar-refractivity contribution in [3.05, 3.63) is 0 Å². The molecule has 0 aliphatic heterocycles. The van der Waals surface area contributed by atoms with Crippen LogP contribution < -0.4 is 5.32 Å². The molecule has 0 aromatic heterocycles. The van der Waals surface area contributed by atoms with Crippen LogP contribution in [0.4, 0.5) is 0 Å². The number of aliphatic imine (C=N–C) groups is 1. The van der Waals surface area contributed by atoms with Crippen LogP contribution in [0, 0.1) is 11.8 Å². The third-order valence-electron chi connectivity index (χ3n) is 4.15. The average Bonchev–Trinajstić information content (AvgIpc) is 3.13. The molecule has 0 unspecified atom stereocenters. The lowest BCUT2D eigenvalue weighted by Gasteiger charge is -2.31. The van der Waals surface area contributed by atoms with Crippen molar-refractivity contribution < 1.29 is 0 Å². The topological polar surface area (TPSA) is 27.6 Å². The van der Waals surface area contributed by atoms with E-state index in [1.165, 1.54) is 45.1 Å². The Morgan fingerprint density at radius 1 is 1.18 bits per heavy atom. The maximum Gasteiger partial charge on any atom is 0.193 e. The molecule has 2 saturated carbocycles. The van der Waals surface area contributed by atoms with Crippen LogP contribution in [0.1, 0.15) is 45.4 Å². The molecule has 98 valence electrons. The first-order valence-corrected chi connectivity index (χ1v) is 7.13. The molecule has 17 heavy (non-hydrogen) atoms. The zero-order chi connectivity index (χ0) is 12.3. The summed E-state index contributed by atoms with van der Waals surface area (Å²) in [5.74, 6) is 2.90. The van der Waals surface area contributed by atoms with Gasteiger partial charge in [0.2, 0.25) is 0 Å². The highest BCUT2D eigenvalue weighted by Crippen LogP contribution is 2.28. The van der Waals surface area contributed by atoms with Crippen molar-refractivity contribution in [2.45, 2.75) is 51.5 Å². The van der Waals surface area contributed by atoms with Crippen molar-refractivity contribution in [1.82, 2.24) is 10.2 Å². The van der Waals surface area contributed by atoms with E-state index in [1.807, 2.05) is 7.05 Å². The van der Waals surface area contributed by atoms with E-state index >= 15 is 0 Å². The van der Waals surface area contributed by atoms with E-state index in [1.54, 1.807) is 0 Å². The molecule has 0 bridgehead atoms. The molecule has 2 aliphatic rings. The Bertz CT molecular complexity index is 263. The summed E-state index contributed by atoms with van der Waals surface area (Å²) in [5.41, 5.74) is 0. The Hall–Kier alpha value is -0.730. The Morgan fingerprint density at radius 3 is 2.35 bits per heavy atom. The molecule has 2 rings (SSSR count). The highest BCUT2D eigenvalue weighted by molar-refractivity contribution is 5.80. The van der Waals surface area contributed by atoms with Crippen LogP contribution >= 0.6 is 0 Å². The van der Waals surface area contributed by atoms with Gasteiger partial charge in [0.25, 0.3) is 0 Å². The molecule has 2 fully saturated rings. The van der Waals surface area contributed by atoms with Crippen molar-refractivity contribution in [3.63, 3.8) is 0 Å². The maximum absolute atomic E-state index is 4.38. The van der Waals surface area contributed by atoms with Gasteiger partial charge in [0.05, 0.1) is 0 Å². The van der Waals surface area contributed by atoms with E-state index in [9.17, 15) is 0 Å². The van der Waals surface area contributed by atoms with E-state index in [0.717, 1.165) is 17.8 Å². The van der Waals surface area contributed by atoms with E-state index in [4.69, 9.17) is 0 Å². The van der Waals surface area contributed by atoms with Gasteiger partial charge in [0.15, 0.2) is 5.96 Å². The second-order valence-corrected chi connectivity index (χ2v) is 5.97. The lowest BCUT2D eigenvalue weighted by Crippen LogP contribution is -2.42. The first-order valence-electron chi connectivity index (χ1n) is 7.13. The molecule has 0 aromatic carbocycles. The fourth-order valence-corrected chi connectivity index (χ4v) is 2.74. The van der Waals surface area contributed by atoms with E-state index in [0.29, 0.717) is 6.04 Å². The fraction of sp³-hybridized carbons (Fsp3) is 0.929. The third kappa shape index (κ3) is 3.90. The van der Waals surface area contributed by atoms with E-state index < -0.39 is 0 Å². The van der Waals surface area contributed by atoms with Gasteiger partial charge < -0.3 is 10.2 Å². The molecule has 1 N–H and O–H groups in total. The summed E-state index contributed by atoms with van der Waals surface area (Å²) in [6.07, 6.45) is 8.24. The van der Waals surface area contributed by atoms with Crippen LogP contribution in [0.3, 0.4) is 0 Å². The normalized spacial score (nSPS) is 30.2. The molecule has 2 aliphatic carbocycles. The zero-order valence-electron chi connectivity index (χ0n) is 11.6. The van der Waals surface area contributed by atoms with Crippen LogP contribution in [0.5, 0.6) is 0 Å². The Morgan fingerprint density at radius 2 is 1.82 bits per heavy atom. The minimum Gasteiger partial charge on any atom is -0.354 e. The highest BCUT2D eigenvalue weighted by Gasteiger charge is 2.25. The number of nitrogens with one attached hydrogen (secondary N) is 1. The van der Waals surface area contributed by atoms with Crippen LogP contribution in [0.15, 0.2) is 4.99 Å². The first kappa shape index (κ1) is 12.7. The van der Waals surface area contributed by atoms with Crippen molar-refractivity contribution in [1.29, 1.82) is 0 Å². The third-order valence-corrected chi connectivity index (χ3v) is 4.15. The summed E-state index contributed by atoms with van der Waals surface area (Å²) in [4.78, 5) is 6.70. The van der Waals surface area contributed by atoms with E-state index in [2.05, 4.69) is 29.2 Å². The molecule has 3 nitrogen and oxygen atoms in total. The van der Waals surface area contributed by atoms with Gasteiger partial charge >= 0.3 is 0 Å². The predicted octanol–water partition coefficient (Wildman–Crippen LogP) is 2.48. The second kappa shape index (κ2) is 5.74. The maximum atomic E-state index is 4.38. The van der Waals surface area contributed by atoms with Gasteiger partial charge in [-0.25, -0.2) is 0 Å². The van der Waals surface area contributed by atoms with Gasteiger partial charge in [0, 0.05) is 26.7 Å². The number of rotatable bonds is 3. The van der Waals surface area contributed by atoms with Crippen LogP contribution in [0.2, 0.25) is 0 Å². The summed E-state index contributed by atoms with van der Waals surface area (Å²) in [6, 6.07) is 0.697. The smallest absolute Gasteiger partial charge is 0.193 e. The molecule has 0 spiro atoms. The number of guanidine groups is 1. The lowest BCUT2D eigenvalue weighted by molar-refractivity contribution is 0.250. The van der Waals surface area contributed by atoms with Crippen LogP contribution in [-0.2, 0) is 0 Å². The van der Waals surface area contributed by atoms with Gasteiger partial charge in [-0.15, -0.1) is 0 Å². The molecule has 0 saturated heterocycles. The molecular formula is C14H27N3. The van der Waals surface area contributed by atoms with Gasteiger partial charge in [0.1, 0.15) is 0 Å². The molecule has 0 heterocycles. The average molecular weight is 237 g/mol.